The van der Waals surface area contributed by atoms with Crippen molar-refractivity contribution in [1.82, 2.24) is 10.3 Å². The molecule has 1 fully saturated rings. The third kappa shape index (κ3) is 2.37. The van der Waals surface area contributed by atoms with Crippen LogP contribution in [0.15, 0.2) is 22.6 Å². The Bertz CT molecular complexity index is 567. The van der Waals surface area contributed by atoms with Crippen molar-refractivity contribution in [2.45, 2.75) is 38.0 Å². The summed E-state index contributed by atoms with van der Waals surface area (Å²) in [4.78, 5) is 4.70. The number of halogens is 1. The minimum absolute atomic E-state index is 0.0541. The molecule has 0 amide bonds. The molecule has 3 nitrogen and oxygen atoms in total. The average Bonchev–Trinajstić information content (AvgIpc) is 2.83. The van der Waals surface area contributed by atoms with Crippen LogP contribution >= 0.6 is 11.6 Å². The van der Waals surface area contributed by atoms with Gasteiger partial charge < -0.3 is 9.73 Å². The van der Waals surface area contributed by atoms with Gasteiger partial charge in [0.25, 0.3) is 0 Å². The molecule has 1 aromatic carbocycles. The molecular formula is C15H19ClN2O. The highest BCUT2D eigenvalue weighted by Gasteiger charge is 2.37. The normalized spacial score (nSPS) is 23.9. The monoisotopic (exact) mass is 278 g/mol. The van der Waals surface area contributed by atoms with Crippen molar-refractivity contribution in [3.05, 3.63) is 29.1 Å². The first-order valence-corrected chi connectivity index (χ1v) is 7.39. The van der Waals surface area contributed by atoms with Crippen molar-refractivity contribution in [1.29, 1.82) is 0 Å². The van der Waals surface area contributed by atoms with Gasteiger partial charge in [0, 0.05) is 11.6 Å². The van der Waals surface area contributed by atoms with Crippen molar-refractivity contribution < 1.29 is 4.42 Å². The second kappa shape index (κ2) is 5.14. The molecule has 1 N–H and O–H groups in total. The molecule has 0 aliphatic carbocycles. The Morgan fingerprint density at radius 1 is 1.47 bits per heavy atom. The Labute approximate surface area is 118 Å². The predicted molar refractivity (Wildman–Crippen MR) is 77.7 cm³/mol. The molecule has 0 spiro atoms. The van der Waals surface area contributed by atoms with Crippen molar-refractivity contribution in [2.75, 3.05) is 13.1 Å². The number of hydrogen-bond donors (Lipinski definition) is 1. The smallest absolute Gasteiger partial charge is 0.202 e. The fourth-order valence-corrected chi connectivity index (χ4v) is 3.24. The SMILES string of the molecule is CCCC1(c2nc3cc(Cl)ccc3o2)CCCNC1. The highest BCUT2D eigenvalue weighted by Crippen LogP contribution is 2.37. The first-order valence-electron chi connectivity index (χ1n) is 7.01. The van der Waals surface area contributed by atoms with E-state index < -0.39 is 0 Å². The summed E-state index contributed by atoms with van der Waals surface area (Å²) in [6.45, 7) is 4.27. The number of nitrogens with one attached hydrogen (secondary N) is 1. The summed E-state index contributed by atoms with van der Waals surface area (Å²) in [5.41, 5.74) is 1.75. The maximum atomic E-state index is 6.02. The van der Waals surface area contributed by atoms with E-state index >= 15 is 0 Å². The molecule has 1 unspecified atom stereocenters. The minimum Gasteiger partial charge on any atom is -0.440 e. The standard InChI is InChI=1S/C15H19ClN2O/c1-2-6-15(7-3-8-17-10-15)14-18-12-9-11(16)4-5-13(12)19-14/h4-5,9,17H,2-3,6-8,10H2,1H3. The number of fused-ring (bicyclic) bond motifs is 1. The zero-order chi connectivity index (χ0) is 13.3. The Kier molecular flexibility index (Phi) is 3.50. The molecule has 0 saturated carbocycles. The van der Waals surface area contributed by atoms with Gasteiger partial charge in [0.15, 0.2) is 5.58 Å². The Morgan fingerprint density at radius 3 is 3.11 bits per heavy atom. The molecule has 102 valence electrons. The molecule has 1 aromatic heterocycles. The van der Waals surface area contributed by atoms with Crippen LogP contribution in [0.25, 0.3) is 11.1 Å². The molecule has 2 heterocycles. The van der Waals surface area contributed by atoms with Gasteiger partial charge >= 0.3 is 0 Å². The molecule has 1 aliphatic rings. The van der Waals surface area contributed by atoms with Gasteiger partial charge in [-0.15, -0.1) is 0 Å². The second-order valence-corrected chi connectivity index (χ2v) is 5.88. The van der Waals surface area contributed by atoms with Crippen molar-refractivity contribution >= 4 is 22.7 Å². The molecule has 0 bridgehead atoms. The van der Waals surface area contributed by atoms with Crippen LogP contribution < -0.4 is 5.32 Å². The zero-order valence-corrected chi connectivity index (χ0v) is 12.0. The molecule has 2 aromatic rings. The first-order chi connectivity index (χ1) is 9.23. The number of piperidine rings is 1. The third-order valence-corrected chi connectivity index (χ3v) is 4.24. The van der Waals surface area contributed by atoms with E-state index in [9.17, 15) is 0 Å². The quantitative estimate of drug-likeness (QED) is 0.925. The summed E-state index contributed by atoms with van der Waals surface area (Å²) < 4.78 is 6.01. The van der Waals surface area contributed by atoms with Crippen LogP contribution in [0.1, 0.15) is 38.5 Å². The maximum absolute atomic E-state index is 6.02. The van der Waals surface area contributed by atoms with E-state index in [1.54, 1.807) is 0 Å². The number of aromatic nitrogens is 1. The summed E-state index contributed by atoms with van der Waals surface area (Å²) in [5, 5.41) is 4.20. The number of oxazole rings is 1. The molecule has 19 heavy (non-hydrogen) atoms. The zero-order valence-electron chi connectivity index (χ0n) is 11.2. The van der Waals surface area contributed by atoms with Gasteiger partial charge in [-0.3, -0.25) is 0 Å². The fraction of sp³-hybridized carbons (Fsp3) is 0.533. The van der Waals surface area contributed by atoms with Crippen LogP contribution in [-0.4, -0.2) is 18.1 Å². The van der Waals surface area contributed by atoms with Crippen molar-refractivity contribution in [2.24, 2.45) is 0 Å². The van der Waals surface area contributed by atoms with Crippen LogP contribution in [0.3, 0.4) is 0 Å². The van der Waals surface area contributed by atoms with E-state index in [-0.39, 0.29) is 5.41 Å². The summed E-state index contributed by atoms with van der Waals surface area (Å²) in [7, 11) is 0. The maximum Gasteiger partial charge on any atom is 0.202 e. The van der Waals surface area contributed by atoms with E-state index in [1.165, 1.54) is 6.42 Å². The number of hydrogen-bond acceptors (Lipinski definition) is 3. The third-order valence-electron chi connectivity index (χ3n) is 4.00. The summed E-state index contributed by atoms with van der Waals surface area (Å²) in [6, 6.07) is 5.63. The van der Waals surface area contributed by atoms with Gasteiger partial charge in [-0.05, 0) is 44.0 Å². The lowest BCUT2D eigenvalue weighted by Crippen LogP contribution is -2.43. The molecular weight excluding hydrogens is 260 g/mol. The van der Waals surface area contributed by atoms with E-state index in [0.29, 0.717) is 5.02 Å². The van der Waals surface area contributed by atoms with Crippen LogP contribution in [-0.2, 0) is 5.41 Å². The largest absolute Gasteiger partial charge is 0.440 e. The average molecular weight is 279 g/mol. The molecule has 0 radical (unpaired) electrons. The van der Waals surface area contributed by atoms with E-state index in [0.717, 1.165) is 49.3 Å². The molecule has 1 aliphatic heterocycles. The highest BCUT2D eigenvalue weighted by atomic mass is 35.5. The topological polar surface area (TPSA) is 38.1 Å². The van der Waals surface area contributed by atoms with Crippen LogP contribution in [0.5, 0.6) is 0 Å². The van der Waals surface area contributed by atoms with Gasteiger partial charge in [-0.25, -0.2) is 4.98 Å². The van der Waals surface area contributed by atoms with Gasteiger partial charge in [0.05, 0.1) is 5.41 Å². The van der Waals surface area contributed by atoms with E-state index in [2.05, 4.69) is 12.2 Å². The molecule has 3 rings (SSSR count). The molecule has 1 atom stereocenters. The predicted octanol–water partition coefficient (Wildman–Crippen LogP) is 3.90. The lowest BCUT2D eigenvalue weighted by atomic mass is 9.77. The van der Waals surface area contributed by atoms with Crippen LogP contribution in [0.2, 0.25) is 5.02 Å². The van der Waals surface area contributed by atoms with Crippen LogP contribution in [0, 0.1) is 0 Å². The van der Waals surface area contributed by atoms with Crippen LogP contribution in [0.4, 0.5) is 0 Å². The summed E-state index contributed by atoms with van der Waals surface area (Å²) >= 11 is 6.02. The van der Waals surface area contributed by atoms with Gasteiger partial charge in [0.1, 0.15) is 5.52 Å². The number of rotatable bonds is 3. The summed E-state index contributed by atoms with van der Waals surface area (Å²) in [5.74, 6) is 0.874. The van der Waals surface area contributed by atoms with Gasteiger partial charge in [-0.1, -0.05) is 24.9 Å². The Balaban J connectivity index is 2.04. The van der Waals surface area contributed by atoms with Crippen molar-refractivity contribution in [3.63, 3.8) is 0 Å². The summed E-state index contributed by atoms with van der Waals surface area (Å²) in [6.07, 6.45) is 4.58. The lowest BCUT2D eigenvalue weighted by Gasteiger charge is -2.34. The Hall–Kier alpha value is -1.06. The number of benzene rings is 1. The van der Waals surface area contributed by atoms with E-state index in [1.807, 2.05) is 18.2 Å². The fourth-order valence-electron chi connectivity index (χ4n) is 3.08. The molecule has 1 saturated heterocycles. The van der Waals surface area contributed by atoms with Crippen molar-refractivity contribution in [3.8, 4) is 0 Å². The Morgan fingerprint density at radius 2 is 2.37 bits per heavy atom. The highest BCUT2D eigenvalue weighted by molar-refractivity contribution is 6.31. The molecule has 4 heteroatoms. The van der Waals surface area contributed by atoms with E-state index in [4.69, 9.17) is 21.0 Å². The first kappa shape index (κ1) is 12.9. The lowest BCUT2D eigenvalue weighted by molar-refractivity contribution is 0.239. The van der Waals surface area contributed by atoms with Gasteiger partial charge in [-0.2, -0.15) is 0 Å². The number of nitrogens with zero attached hydrogens (tertiary/aromatic N) is 1. The second-order valence-electron chi connectivity index (χ2n) is 5.44. The minimum atomic E-state index is 0.0541. The van der Waals surface area contributed by atoms with Gasteiger partial charge in [0.2, 0.25) is 5.89 Å².